The molecule has 0 aliphatic carbocycles. The summed E-state index contributed by atoms with van der Waals surface area (Å²) in [5.74, 6) is 0.883. The van der Waals surface area contributed by atoms with Gasteiger partial charge in [-0.3, -0.25) is 9.36 Å². The number of ether oxygens (including phenoxy) is 1. The van der Waals surface area contributed by atoms with Gasteiger partial charge in [-0.15, -0.1) is 0 Å². The molecule has 1 unspecified atom stereocenters. The van der Waals surface area contributed by atoms with Crippen LogP contribution in [0.4, 0.5) is 0 Å². The maximum Gasteiger partial charge on any atom is 0.274 e. The highest BCUT2D eigenvalue weighted by Gasteiger charge is 2.31. The van der Waals surface area contributed by atoms with Crippen LogP contribution in [0.5, 0.6) is 5.75 Å². The number of likely N-dealkylation sites (tertiary alicyclic amines) is 1. The first-order valence-electron chi connectivity index (χ1n) is 8.39. The fourth-order valence-electron chi connectivity index (χ4n) is 3.65. The van der Waals surface area contributed by atoms with Gasteiger partial charge in [0.1, 0.15) is 18.7 Å². The summed E-state index contributed by atoms with van der Waals surface area (Å²) in [6.07, 6.45) is 6.13. The molecule has 1 aromatic heterocycles. The minimum absolute atomic E-state index is 0.0493. The average molecular weight is 311 g/mol. The highest BCUT2D eigenvalue weighted by molar-refractivity contribution is 5.94. The number of fused-ring (bicyclic) bond motifs is 3. The molecule has 0 N–H and O–H groups in total. The number of rotatable bonds is 2. The number of hydrogen-bond acceptors (Lipinski definition) is 3. The van der Waals surface area contributed by atoms with Crippen molar-refractivity contribution < 1.29 is 9.53 Å². The molecule has 1 amide bonds. The summed E-state index contributed by atoms with van der Waals surface area (Å²) in [5.41, 5.74) is 2.35. The second kappa shape index (κ2) is 5.72. The molecule has 0 bridgehead atoms. The zero-order valence-electron chi connectivity index (χ0n) is 13.4. The average Bonchev–Trinajstić information content (AvgIpc) is 3.05. The van der Waals surface area contributed by atoms with Gasteiger partial charge in [-0.25, -0.2) is 4.98 Å². The van der Waals surface area contributed by atoms with Gasteiger partial charge in [-0.05, 0) is 37.8 Å². The molecule has 0 spiro atoms. The monoisotopic (exact) mass is 311 g/mol. The van der Waals surface area contributed by atoms with Crippen LogP contribution in [0.2, 0.25) is 0 Å². The van der Waals surface area contributed by atoms with E-state index in [0.29, 0.717) is 18.3 Å². The Morgan fingerprint density at radius 1 is 1.35 bits per heavy atom. The number of carbonyl (C=O) groups is 1. The smallest absolute Gasteiger partial charge is 0.274 e. The lowest BCUT2D eigenvalue weighted by atomic mass is 9.99. The molecular weight excluding hydrogens is 290 g/mol. The van der Waals surface area contributed by atoms with Crippen molar-refractivity contribution in [2.24, 2.45) is 0 Å². The molecule has 120 valence electrons. The number of amides is 1. The second-order valence-electron chi connectivity index (χ2n) is 6.22. The molecule has 5 heteroatoms. The van der Waals surface area contributed by atoms with E-state index >= 15 is 0 Å². The molecule has 1 aromatic carbocycles. The molecule has 1 atom stereocenters. The van der Waals surface area contributed by atoms with Crippen molar-refractivity contribution in [2.75, 3.05) is 6.54 Å². The van der Waals surface area contributed by atoms with Crippen LogP contribution in [0.1, 0.15) is 48.8 Å². The quantitative estimate of drug-likeness (QED) is 0.856. The van der Waals surface area contributed by atoms with Crippen LogP contribution in [-0.2, 0) is 6.61 Å². The second-order valence-corrected chi connectivity index (χ2v) is 6.22. The van der Waals surface area contributed by atoms with Crippen molar-refractivity contribution in [2.45, 2.75) is 45.3 Å². The number of imidazole rings is 1. The van der Waals surface area contributed by atoms with Crippen LogP contribution >= 0.6 is 0 Å². The molecule has 2 aromatic rings. The molecular formula is C18H21N3O2. The van der Waals surface area contributed by atoms with Crippen molar-refractivity contribution in [1.29, 1.82) is 0 Å². The summed E-state index contributed by atoms with van der Waals surface area (Å²) >= 11 is 0. The standard InChI is InChI=1S/C18H21N3O2/c1-2-13-7-5-6-10-20(13)18(22)17-15-11-23-16-9-4-3-8-14(16)21(15)12-19-17/h3-4,8-9,12-13H,2,5-7,10-11H2,1H3. The van der Waals surface area contributed by atoms with Crippen LogP contribution in [0, 0.1) is 0 Å². The Labute approximate surface area is 135 Å². The molecule has 2 aliphatic rings. The minimum atomic E-state index is 0.0493. The largest absolute Gasteiger partial charge is 0.485 e. The third-order valence-electron chi connectivity index (χ3n) is 4.92. The molecule has 1 fully saturated rings. The van der Waals surface area contributed by atoms with E-state index < -0.39 is 0 Å². The van der Waals surface area contributed by atoms with Crippen molar-refractivity contribution in [3.05, 3.63) is 42.0 Å². The predicted octanol–water partition coefficient (Wildman–Crippen LogP) is 3.17. The van der Waals surface area contributed by atoms with Gasteiger partial charge in [0, 0.05) is 12.6 Å². The van der Waals surface area contributed by atoms with Crippen molar-refractivity contribution in [3.8, 4) is 11.4 Å². The van der Waals surface area contributed by atoms with Crippen molar-refractivity contribution in [3.63, 3.8) is 0 Å². The highest BCUT2D eigenvalue weighted by atomic mass is 16.5. The molecule has 2 aliphatic heterocycles. The van der Waals surface area contributed by atoms with E-state index in [4.69, 9.17) is 4.74 Å². The zero-order chi connectivity index (χ0) is 15.8. The number of benzene rings is 1. The number of para-hydroxylation sites is 2. The van der Waals surface area contributed by atoms with Gasteiger partial charge in [0.05, 0.1) is 11.4 Å². The van der Waals surface area contributed by atoms with Gasteiger partial charge >= 0.3 is 0 Å². The summed E-state index contributed by atoms with van der Waals surface area (Å²) in [5, 5.41) is 0. The Morgan fingerprint density at radius 3 is 3.09 bits per heavy atom. The third-order valence-corrected chi connectivity index (χ3v) is 4.92. The SMILES string of the molecule is CCC1CCCCN1C(=O)c1ncn2c1COc1ccccc1-2. The topological polar surface area (TPSA) is 47.4 Å². The van der Waals surface area contributed by atoms with E-state index in [9.17, 15) is 4.79 Å². The Balaban J connectivity index is 1.69. The molecule has 4 rings (SSSR count). The fraction of sp³-hybridized carbons (Fsp3) is 0.444. The van der Waals surface area contributed by atoms with Gasteiger partial charge in [0.25, 0.3) is 5.91 Å². The van der Waals surface area contributed by atoms with E-state index in [1.54, 1.807) is 6.33 Å². The lowest BCUT2D eigenvalue weighted by Crippen LogP contribution is -2.44. The molecule has 1 saturated heterocycles. The summed E-state index contributed by atoms with van der Waals surface area (Å²) in [6, 6.07) is 8.19. The van der Waals surface area contributed by atoms with Gasteiger partial charge in [-0.2, -0.15) is 0 Å². The van der Waals surface area contributed by atoms with Crippen molar-refractivity contribution >= 4 is 5.91 Å². The highest BCUT2D eigenvalue weighted by Crippen LogP contribution is 2.31. The molecule has 23 heavy (non-hydrogen) atoms. The van der Waals surface area contributed by atoms with E-state index in [0.717, 1.165) is 42.9 Å². The fourth-order valence-corrected chi connectivity index (χ4v) is 3.65. The van der Waals surface area contributed by atoms with Crippen LogP contribution in [0.3, 0.4) is 0 Å². The van der Waals surface area contributed by atoms with Gasteiger partial charge in [0.15, 0.2) is 5.69 Å². The van der Waals surface area contributed by atoms with Gasteiger partial charge < -0.3 is 9.64 Å². The van der Waals surface area contributed by atoms with Gasteiger partial charge in [0.2, 0.25) is 0 Å². The lowest BCUT2D eigenvalue weighted by molar-refractivity contribution is 0.0599. The first-order chi connectivity index (χ1) is 11.3. The Kier molecular flexibility index (Phi) is 3.56. The normalized spacial score (nSPS) is 19.7. The summed E-state index contributed by atoms with van der Waals surface area (Å²) < 4.78 is 7.79. The van der Waals surface area contributed by atoms with Crippen LogP contribution in [0.25, 0.3) is 5.69 Å². The Morgan fingerprint density at radius 2 is 2.22 bits per heavy atom. The Hall–Kier alpha value is -2.30. The summed E-state index contributed by atoms with van der Waals surface area (Å²) in [7, 11) is 0. The van der Waals surface area contributed by atoms with E-state index in [-0.39, 0.29) is 5.91 Å². The first kappa shape index (κ1) is 14.3. The molecule has 5 nitrogen and oxygen atoms in total. The van der Waals surface area contributed by atoms with E-state index in [1.807, 2.05) is 33.7 Å². The zero-order valence-corrected chi connectivity index (χ0v) is 13.4. The number of aromatic nitrogens is 2. The third kappa shape index (κ3) is 2.31. The number of nitrogens with zero attached hydrogens (tertiary/aromatic N) is 3. The van der Waals surface area contributed by atoms with Crippen LogP contribution in [-0.4, -0.2) is 32.9 Å². The molecule has 0 radical (unpaired) electrons. The maximum absolute atomic E-state index is 13.0. The minimum Gasteiger partial charge on any atom is -0.485 e. The number of hydrogen-bond donors (Lipinski definition) is 0. The molecule has 3 heterocycles. The summed E-state index contributed by atoms with van der Waals surface area (Å²) in [4.78, 5) is 19.4. The van der Waals surface area contributed by atoms with E-state index in [1.165, 1.54) is 6.42 Å². The maximum atomic E-state index is 13.0. The van der Waals surface area contributed by atoms with E-state index in [2.05, 4.69) is 11.9 Å². The van der Waals surface area contributed by atoms with Crippen LogP contribution < -0.4 is 4.74 Å². The Bertz CT molecular complexity index is 738. The first-order valence-corrected chi connectivity index (χ1v) is 8.39. The van der Waals surface area contributed by atoms with Crippen LogP contribution in [0.15, 0.2) is 30.6 Å². The van der Waals surface area contributed by atoms with Crippen molar-refractivity contribution in [1.82, 2.24) is 14.5 Å². The number of carbonyl (C=O) groups excluding carboxylic acids is 1. The van der Waals surface area contributed by atoms with Gasteiger partial charge in [-0.1, -0.05) is 19.1 Å². The predicted molar refractivity (Wildman–Crippen MR) is 86.9 cm³/mol. The molecule has 0 saturated carbocycles. The summed E-state index contributed by atoms with van der Waals surface area (Å²) in [6.45, 7) is 3.38. The lowest BCUT2D eigenvalue weighted by Gasteiger charge is -2.35. The number of piperidine rings is 1.